The first-order valence-corrected chi connectivity index (χ1v) is 13.5. The number of hydrogen-bond donors (Lipinski definition) is 0. The van der Waals surface area contributed by atoms with Crippen LogP contribution in [0.15, 0.2) is 42.5 Å². The Hall–Kier alpha value is -2.14. The van der Waals surface area contributed by atoms with Gasteiger partial charge in [0.1, 0.15) is 6.54 Å². The minimum absolute atomic E-state index is 0.171. The minimum atomic E-state index is -0.198. The number of allylic oxidation sites excluding steroid dienone is 1. The first kappa shape index (κ1) is 28.1. The SMILES string of the molecule is CCCCCC[N+]1(Cc2ccccc2)CCN(C(=O)/C=C/CCCCCCCOC(C)=O)CC1. The molecule has 5 heteroatoms. The topological polar surface area (TPSA) is 46.6 Å². The third-order valence-electron chi connectivity index (χ3n) is 6.93. The summed E-state index contributed by atoms with van der Waals surface area (Å²) < 4.78 is 6.06. The van der Waals surface area contributed by atoms with E-state index < -0.39 is 0 Å². The van der Waals surface area contributed by atoms with E-state index in [1.165, 1.54) is 44.7 Å². The fourth-order valence-corrected chi connectivity index (χ4v) is 4.82. The van der Waals surface area contributed by atoms with E-state index in [-0.39, 0.29) is 11.9 Å². The van der Waals surface area contributed by atoms with Gasteiger partial charge in [-0.05, 0) is 38.2 Å². The molecule has 0 atom stereocenters. The molecule has 0 aromatic heterocycles. The molecule has 0 aliphatic carbocycles. The van der Waals surface area contributed by atoms with E-state index >= 15 is 0 Å². The van der Waals surface area contributed by atoms with E-state index in [0.29, 0.717) is 6.61 Å². The zero-order valence-electron chi connectivity index (χ0n) is 21.7. The molecule has 1 aliphatic heterocycles. The molecule has 0 N–H and O–H groups in total. The van der Waals surface area contributed by atoms with Crippen LogP contribution in [0.5, 0.6) is 0 Å². The number of benzene rings is 1. The average Bonchev–Trinajstić information content (AvgIpc) is 2.84. The monoisotopic (exact) mass is 471 g/mol. The van der Waals surface area contributed by atoms with E-state index in [1.54, 1.807) is 6.08 Å². The van der Waals surface area contributed by atoms with Gasteiger partial charge in [0, 0.05) is 12.5 Å². The summed E-state index contributed by atoms with van der Waals surface area (Å²) in [5.74, 6) is -0.0267. The normalized spacial score (nSPS) is 15.5. The second kappa shape index (κ2) is 16.5. The van der Waals surface area contributed by atoms with Crippen molar-refractivity contribution in [2.75, 3.05) is 39.3 Å². The maximum atomic E-state index is 12.7. The summed E-state index contributed by atoms with van der Waals surface area (Å²) in [7, 11) is 0. The summed E-state index contributed by atoms with van der Waals surface area (Å²) in [5, 5.41) is 0. The van der Waals surface area contributed by atoms with Gasteiger partial charge in [-0.15, -0.1) is 0 Å². The van der Waals surface area contributed by atoms with Gasteiger partial charge >= 0.3 is 5.97 Å². The molecule has 0 radical (unpaired) electrons. The highest BCUT2D eigenvalue weighted by Crippen LogP contribution is 2.21. The van der Waals surface area contributed by atoms with Crippen molar-refractivity contribution >= 4 is 11.9 Å². The Morgan fingerprint density at radius 1 is 0.941 bits per heavy atom. The van der Waals surface area contributed by atoms with E-state index in [4.69, 9.17) is 4.74 Å². The number of hydrogen-bond acceptors (Lipinski definition) is 3. The molecule has 1 amide bonds. The van der Waals surface area contributed by atoms with Gasteiger partial charge in [0.25, 0.3) is 0 Å². The number of quaternary nitrogens is 1. The standard InChI is InChI=1S/C29H47N2O3/c1-3-4-5-15-22-31(26-28-17-12-11-13-18-28)23-20-30(21-24-31)29(33)19-14-9-7-6-8-10-16-25-34-27(2)32/h11-14,17-19H,3-10,15-16,20-26H2,1-2H3/q+1/b19-14+. The lowest BCUT2D eigenvalue weighted by Gasteiger charge is -2.45. The summed E-state index contributed by atoms with van der Waals surface area (Å²) in [6.45, 7) is 10.3. The van der Waals surface area contributed by atoms with Crippen molar-refractivity contribution in [2.24, 2.45) is 0 Å². The van der Waals surface area contributed by atoms with Gasteiger partial charge in [-0.2, -0.15) is 0 Å². The smallest absolute Gasteiger partial charge is 0.302 e. The van der Waals surface area contributed by atoms with Crippen LogP contribution in [0.4, 0.5) is 0 Å². The molecule has 1 fully saturated rings. The van der Waals surface area contributed by atoms with Crippen LogP contribution < -0.4 is 0 Å². The van der Waals surface area contributed by atoms with Crippen molar-refractivity contribution in [1.82, 2.24) is 4.90 Å². The van der Waals surface area contributed by atoms with Crippen LogP contribution >= 0.6 is 0 Å². The van der Waals surface area contributed by atoms with Crippen molar-refractivity contribution in [3.63, 3.8) is 0 Å². The van der Waals surface area contributed by atoms with Crippen LogP contribution in [0.25, 0.3) is 0 Å². The number of piperazine rings is 1. The highest BCUT2D eigenvalue weighted by atomic mass is 16.5. The fraction of sp³-hybridized carbons (Fsp3) is 0.655. The molecule has 190 valence electrons. The number of carbonyl (C=O) groups excluding carboxylic acids is 2. The Labute approximate surface area is 207 Å². The van der Waals surface area contributed by atoms with Gasteiger partial charge in [-0.25, -0.2) is 0 Å². The van der Waals surface area contributed by atoms with Gasteiger partial charge in [0.15, 0.2) is 0 Å². The number of rotatable bonds is 16. The average molecular weight is 472 g/mol. The molecule has 1 heterocycles. The fourth-order valence-electron chi connectivity index (χ4n) is 4.82. The van der Waals surface area contributed by atoms with Crippen LogP contribution in [0, 0.1) is 0 Å². The quantitative estimate of drug-likeness (QED) is 0.131. The molecular weight excluding hydrogens is 424 g/mol. The molecular formula is C29H47N2O3+. The summed E-state index contributed by atoms with van der Waals surface area (Å²) in [4.78, 5) is 25.5. The predicted octanol–water partition coefficient (Wildman–Crippen LogP) is 5.89. The van der Waals surface area contributed by atoms with E-state index in [2.05, 4.69) is 37.3 Å². The molecule has 5 nitrogen and oxygen atoms in total. The summed E-state index contributed by atoms with van der Waals surface area (Å²) in [6.07, 6.45) is 15.4. The first-order chi connectivity index (χ1) is 16.5. The van der Waals surface area contributed by atoms with Gasteiger partial charge < -0.3 is 14.1 Å². The summed E-state index contributed by atoms with van der Waals surface area (Å²) in [6, 6.07) is 10.8. The molecule has 1 aromatic rings. The molecule has 1 aromatic carbocycles. The zero-order chi connectivity index (χ0) is 24.5. The number of nitrogens with zero attached hydrogens (tertiary/aromatic N) is 2. The van der Waals surface area contributed by atoms with Crippen LogP contribution in [0.3, 0.4) is 0 Å². The van der Waals surface area contributed by atoms with Crippen molar-refractivity contribution in [3.8, 4) is 0 Å². The maximum Gasteiger partial charge on any atom is 0.302 e. The van der Waals surface area contributed by atoms with Crippen LogP contribution in [0.1, 0.15) is 83.6 Å². The van der Waals surface area contributed by atoms with E-state index in [0.717, 1.165) is 75.7 Å². The predicted molar refractivity (Wildman–Crippen MR) is 139 cm³/mol. The molecule has 0 unspecified atom stereocenters. The molecule has 34 heavy (non-hydrogen) atoms. The molecule has 0 spiro atoms. The van der Waals surface area contributed by atoms with Crippen LogP contribution in [-0.2, 0) is 20.9 Å². The third-order valence-corrected chi connectivity index (χ3v) is 6.93. The van der Waals surface area contributed by atoms with Gasteiger partial charge in [-0.1, -0.05) is 75.4 Å². The number of amides is 1. The van der Waals surface area contributed by atoms with Crippen molar-refractivity contribution in [1.29, 1.82) is 0 Å². The van der Waals surface area contributed by atoms with E-state index in [9.17, 15) is 9.59 Å². The lowest BCUT2D eigenvalue weighted by molar-refractivity contribution is -0.944. The number of ether oxygens (including phenoxy) is 1. The summed E-state index contributed by atoms with van der Waals surface area (Å²) in [5.41, 5.74) is 1.41. The Kier molecular flexibility index (Phi) is 13.6. The second-order valence-electron chi connectivity index (χ2n) is 9.84. The third kappa shape index (κ3) is 11.3. The lowest BCUT2D eigenvalue weighted by Crippen LogP contribution is -2.60. The Bertz CT molecular complexity index is 724. The Morgan fingerprint density at radius 2 is 1.62 bits per heavy atom. The van der Waals surface area contributed by atoms with Crippen LogP contribution in [0.2, 0.25) is 0 Å². The van der Waals surface area contributed by atoms with Crippen molar-refractivity contribution < 1.29 is 18.8 Å². The lowest BCUT2D eigenvalue weighted by atomic mass is 10.1. The molecule has 0 bridgehead atoms. The highest BCUT2D eigenvalue weighted by molar-refractivity contribution is 5.87. The van der Waals surface area contributed by atoms with Gasteiger partial charge in [0.05, 0.1) is 39.3 Å². The number of carbonyl (C=O) groups is 2. The highest BCUT2D eigenvalue weighted by Gasteiger charge is 2.33. The molecule has 1 saturated heterocycles. The van der Waals surface area contributed by atoms with Gasteiger partial charge in [0.2, 0.25) is 5.91 Å². The zero-order valence-corrected chi connectivity index (χ0v) is 21.7. The number of unbranched alkanes of at least 4 members (excludes halogenated alkanes) is 8. The van der Waals surface area contributed by atoms with Crippen LogP contribution in [-0.4, -0.2) is 60.6 Å². The van der Waals surface area contributed by atoms with Gasteiger partial charge in [-0.3, -0.25) is 9.59 Å². The molecule has 1 aliphatic rings. The Balaban J connectivity index is 1.70. The number of esters is 1. The minimum Gasteiger partial charge on any atom is -0.466 e. The second-order valence-corrected chi connectivity index (χ2v) is 9.84. The largest absolute Gasteiger partial charge is 0.466 e. The Morgan fingerprint density at radius 3 is 2.32 bits per heavy atom. The first-order valence-electron chi connectivity index (χ1n) is 13.5. The summed E-state index contributed by atoms with van der Waals surface area (Å²) >= 11 is 0. The van der Waals surface area contributed by atoms with Crippen molar-refractivity contribution in [3.05, 3.63) is 48.0 Å². The maximum absolute atomic E-state index is 12.7. The molecule has 2 rings (SSSR count). The van der Waals surface area contributed by atoms with E-state index in [1.807, 2.05) is 11.0 Å². The van der Waals surface area contributed by atoms with Crippen molar-refractivity contribution in [2.45, 2.75) is 84.6 Å². The molecule has 0 saturated carbocycles.